The summed E-state index contributed by atoms with van der Waals surface area (Å²) in [4.78, 5) is 51.1. The maximum absolute atomic E-state index is 15.3. The second-order valence-electron chi connectivity index (χ2n) is 8.30. The Kier molecular flexibility index (Phi) is 9.50. The van der Waals surface area contributed by atoms with Gasteiger partial charge in [-0.1, -0.05) is 13.8 Å². The topological polar surface area (TPSA) is 150 Å². The Labute approximate surface area is 195 Å². The van der Waals surface area contributed by atoms with Gasteiger partial charge in [0, 0.05) is 18.8 Å². The predicted molar refractivity (Wildman–Crippen MR) is 116 cm³/mol. The maximum atomic E-state index is 15.3. The molecule has 0 aliphatic carbocycles. The molecule has 0 amide bonds. The maximum Gasteiger partial charge on any atom is 0.425 e. The Hall–Kier alpha value is -2.61. The molecule has 12 nitrogen and oxygen atoms in total. The normalized spacial score (nSPS) is 24.6. The van der Waals surface area contributed by atoms with Crippen LogP contribution in [0.1, 0.15) is 39.3 Å². The van der Waals surface area contributed by atoms with Crippen LogP contribution >= 0.6 is 0 Å². The van der Waals surface area contributed by atoms with E-state index in [9.17, 15) is 29.4 Å². The Balaban J connectivity index is 2.21. The van der Waals surface area contributed by atoms with Crippen LogP contribution in [0.5, 0.6) is 0 Å². The fraction of sp³-hybridized carbons (Fsp3) is 0.714. The van der Waals surface area contributed by atoms with Gasteiger partial charge in [-0.15, -0.1) is 0 Å². The van der Waals surface area contributed by atoms with Crippen molar-refractivity contribution in [2.45, 2.75) is 57.4 Å². The molecule has 0 unspecified atom stereocenters. The molecule has 1 fully saturated rings. The summed E-state index contributed by atoms with van der Waals surface area (Å²) in [5, 5.41) is 20.5. The highest BCUT2D eigenvalue weighted by molar-refractivity contribution is 5.72. The van der Waals surface area contributed by atoms with Gasteiger partial charge < -0.3 is 29.3 Å². The average molecular weight is 489 g/mol. The zero-order chi connectivity index (χ0) is 25.6. The molecule has 1 saturated heterocycles. The minimum absolute atomic E-state index is 0.0610. The quantitative estimate of drug-likeness (QED) is 0.335. The van der Waals surface area contributed by atoms with E-state index in [2.05, 4.69) is 0 Å². The summed E-state index contributed by atoms with van der Waals surface area (Å²) in [6.07, 6.45) is -4.95. The monoisotopic (exact) mass is 489 g/mol. The van der Waals surface area contributed by atoms with Gasteiger partial charge in [-0.25, -0.2) is 14.0 Å². The molecule has 1 aromatic heterocycles. The van der Waals surface area contributed by atoms with E-state index in [1.165, 1.54) is 0 Å². The Morgan fingerprint density at radius 3 is 2.47 bits per heavy atom. The molecule has 1 aromatic rings. The van der Waals surface area contributed by atoms with E-state index in [1.807, 2.05) is 19.0 Å². The van der Waals surface area contributed by atoms with Crippen molar-refractivity contribution in [1.29, 1.82) is 0 Å². The van der Waals surface area contributed by atoms with Crippen LogP contribution in [0.2, 0.25) is 0 Å². The van der Waals surface area contributed by atoms with E-state index in [4.69, 9.17) is 14.2 Å². The summed E-state index contributed by atoms with van der Waals surface area (Å²) in [5.41, 5.74) is -2.27. The summed E-state index contributed by atoms with van der Waals surface area (Å²) in [6.45, 7) is 3.03. The zero-order valence-electron chi connectivity index (χ0n) is 19.7. The lowest BCUT2D eigenvalue weighted by Crippen LogP contribution is -2.46. The van der Waals surface area contributed by atoms with Crippen LogP contribution in [0.15, 0.2) is 21.9 Å². The van der Waals surface area contributed by atoms with Gasteiger partial charge in [0.05, 0.1) is 12.5 Å². The molecule has 13 heteroatoms. The van der Waals surface area contributed by atoms with Crippen LogP contribution < -0.4 is 11.2 Å². The zero-order valence-corrected chi connectivity index (χ0v) is 19.7. The Morgan fingerprint density at radius 2 is 1.88 bits per heavy atom. The van der Waals surface area contributed by atoms with Gasteiger partial charge in [-0.3, -0.25) is 14.2 Å². The third kappa shape index (κ3) is 6.09. The van der Waals surface area contributed by atoms with Crippen molar-refractivity contribution in [3.8, 4) is 0 Å². The highest BCUT2D eigenvalue weighted by Crippen LogP contribution is 2.38. The number of carbonyl (C=O) groups is 2. The number of aromatic nitrogens is 2. The van der Waals surface area contributed by atoms with Crippen LogP contribution in [-0.2, 0) is 19.0 Å². The number of esters is 1. The number of halogens is 1. The van der Waals surface area contributed by atoms with Crippen molar-refractivity contribution in [3.63, 3.8) is 0 Å². The third-order valence-electron chi connectivity index (χ3n) is 5.55. The highest BCUT2D eigenvalue weighted by Gasteiger charge is 2.57. The van der Waals surface area contributed by atoms with Crippen molar-refractivity contribution < 1.29 is 38.4 Å². The summed E-state index contributed by atoms with van der Waals surface area (Å²) >= 11 is 0. The third-order valence-corrected chi connectivity index (χ3v) is 5.55. The second-order valence-corrected chi connectivity index (χ2v) is 8.30. The molecular weight excluding hydrogens is 457 g/mol. The Bertz CT molecular complexity index is 975. The number of aliphatic hydroxyl groups is 2. The van der Waals surface area contributed by atoms with Crippen molar-refractivity contribution in [3.05, 3.63) is 33.1 Å². The van der Waals surface area contributed by atoms with Crippen LogP contribution in [0.4, 0.5) is 9.18 Å². The SMILES string of the molecule is CCC(CC)C(=O)OC[C@@]1(F)O[C@@H](n2ccc(=O)n(C(=O)OCCCN(C)C)c2=O)[C@H](O)[C@@H]1O. The van der Waals surface area contributed by atoms with Crippen molar-refractivity contribution >= 4 is 12.1 Å². The molecule has 2 heterocycles. The Morgan fingerprint density at radius 1 is 1.24 bits per heavy atom. The summed E-state index contributed by atoms with van der Waals surface area (Å²) in [7, 11) is 3.64. The van der Waals surface area contributed by atoms with E-state index in [1.54, 1.807) is 13.8 Å². The number of ether oxygens (including phenoxy) is 3. The van der Waals surface area contributed by atoms with Gasteiger partial charge in [0.1, 0.15) is 12.2 Å². The van der Waals surface area contributed by atoms with E-state index < -0.39 is 60.1 Å². The minimum atomic E-state index is -3.03. The number of rotatable bonds is 10. The first kappa shape index (κ1) is 27.6. The van der Waals surface area contributed by atoms with Gasteiger partial charge in [-0.05, 0) is 33.4 Å². The molecule has 0 spiro atoms. The first-order valence-electron chi connectivity index (χ1n) is 11.0. The van der Waals surface area contributed by atoms with Crippen molar-refractivity contribution in [2.24, 2.45) is 5.92 Å². The van der Waals surface area contributed by atoms with Gasteiger partial charge in [0.15, 0.2) is 12.8 Å². The van der Waals surface area contributed by atoms with Crippen LogP contribution in [0.25, 0.3) is 0 Å². The van der Waals surface area contributed by atoms with Gasteiger partial charge in [-0.2, -0.15) is 4.57 Å². The number of nitrogens with zero attached hydrogens (tertiary/aromatic N) is 3. The molecule has 4 atom stereocenters. The molecule has 0 aromatic carbocycles. The average Bonchev–Trinajstić information content (AvgIpc) is 3.00. The van der Waals surface area contributed by atoms with E-state index >= 15 is 4.39 Å². The lowest BCUT2D eigenvalue weighted by atomic mass is 10.0. The van der Waals surface area contributed by atoms with Crippen LogP contribution in [0.3, 0.4) is 0 Å². The second kappa shape index (κ2) is 11.7. The van der Waals surface area contributed by atoms with Crippen LogP contribution in [0, 0.1) is 5.92 Å². The number of hydrogen-bond acceptors (Lipinski definition) is 10. The van der Waals surface area contributed by atoms with Crippen LogP contribution in [-0.4, -0.2) is 88.2 Å². The standard InChI is InChI=1S/C21H32FN3O9/c1-5-13(6-2)18(29)33-12-21(22)16(28)15(27)17(34-21)24-10-8-14(26)25(19(24)30)20(31)32-11-7-9-23(3)4/h8,10,13,15-17,27-28H,5-7,9,11-12H2,1-4H3/t15-,16+,17-,21-/m1/s1. The lowest BCUT2D eigenvalue weighted by molar-refractivity contribution is -0.218. The number of aliphatic hydroxyl groups excluding tert-OH is 2. The molecule has 1 aliphatic rings. The molecule has 0 bridgehead atoms. The molecular formula is C21H32FN3O9. The van der Waals surface area contributed by atoms with Gasteiger partial charge in [0.2, 0.25) is 0 Å². The number of carbonyl (C=O) groups excluding carboxylic acids is 2. The molecule has 2 rings (SSSR count). The van der Waals surface area contributed by atoms with E-state index in [0.717, 1.165) is 12.3 Å². The first-order chi connectivity index (χ1) is 16.0. The predicted octanol–water partition coefficient (Wildman–Crippen LogP) is -0.158. The summed E-state index contributed by atoms with van der Waals surface area (Å²) < 4.78 is 31.0. The van der Waals surface area contributed by atoms with Crippen molar-refractivity contribution in [2.75, 3.05) is 33.9 Å². The van der Waals surface area contributed by atoms with Gasteiger partial charge in [0.25, 0.3) is 11.4 Å². The fourth-order valence-electron chi connectivity index (χ4n) is 3.46. The summed E-state index contributed by atoms with van der Waals surface area (Å²) in [6, 6.07) is 0.830. The molecule has 2 N–H and O–H groups in total. The van der Waals surface area contributed by atoms with E-state index in [-0.39, 0.29) is 11.2 Å². The van der Waals surface area contributed by atoms with E-state index in [0.29, 0.717) is 30.4 Å². The fourth-order valence-corrected chi connectivity index (χ4v) is 3.46. The minimum Gasteiger partial charge on any atom is -0.459 e. The van der Waals surface area contributed by atoms with Gasteiger partial charge >= 0.3 is 17.8 Å². The molecule has 34 heavy (non-hydrogen) atoms. The molecule has 192 valence electrons. The smallest absolute Gasteiger partial charge is 0.425 e. The van der Waals surface area contributed by atoms with Crippen molar-refractivity contribution in [1.82, 2.24) is 14.0 Å². The summed E-state index contributed by atoms with van der Waals surface area (Å²) in [5.74, 6) is -4.20. The number of hydrogen-bond donors (Lipinski definition) is 2. The molecule has 1 aliphatic heterocycles. The first-order valence-corrected chi connectivity index (χ1v) is 11.0. The molecule has 0 saturated carbocycles. The highest BCUT2D eigenvalue weighted by atomic mass is 19.2. The largest absolute Gasteiger partial charge is 0.459 e. The molecule has 0 radical (unpaired) electrons. The number of alkyl halides is 1. The lowest BCUT2D eigenvalue weighted by Gasteiger charge is -2.23.